The third-order valence-electron chi connectivity index (χ3n) is 8.95. The molecule has 0 N–H and O–H groups in total. The van der Waals surface area contributed by atoms with Crippen LogP contribution in [0, 0.1) is 24.0 Å². The molecule has 1 amide bonds. The summed E-state index contributed by atoms with van der Waals surface area (Å²) in [5.41, 5.74) is 0.654. The average Bonchev–Trinajstić information content (AvgIpc) is 3.27. The lowest BCUT2D eigenvalue weighted by molar-refractivity contribution is -0.127. The second-order valence-electron chi connectivity index (χ2n) is 11.3. The second kappa shape index (κ2) is 9.74. The lowest BCUT2D eigenvalue weighted by atomic mass is 9.95. The number of halogens is 2. The van der Waals surface area contributed by atoms with Gasteiger partial charge in [0.2, 0.25) is 11.9 Å². The molecule has 0 unspecified atom stereocenters. The Kier molecular flexibility index (Phi) is 6.10. The topological polar surface area (TPSA) is 68.7 Å². The fourth-order valence-corrected chi connectivity index (χ4v) is 6.47. The zero-order valence-electron chi connectivity index (χ0n) is 23.4. The zero-order chi connectivity index (χ0) is 29.3. The van der Waals surface area contributed by atoms with Crippen molar-refractivity contribution in [3.63, 3.8) is 0 Å². The number of benzene rings is 2. The Morgan fingerprint density at radius 1 is 1.14 bits per heavy atom. The van der Waals surface area contributed by atoms with Gasteiger partial charge in [0.25, 0.3) is 0 Å². The third kappa shape index (κ3) is 3.84. The van der Waals surface area contributed by atoms with E-state index in [9.17, 15) is 9.18 Å². The summed E-state index contributed by atoms with van der Waals surface area (Å²) in [6.45, 7) is 6.29. The fraction of sp³-hybridized carbons (Fsp3) is 0.312. The van der Waals surface area contributed by atoms with E-state index in [1.807, 2.05) is 30.0 Å². The van der Waals surface area contributed by atoms with Gasteiger partial charge in [0.1, 0.15) is 22.8 Å². The van der Waals surface area contributed by atoms with Gasteiger partial charge in [0.05, 0.1) is 23.0 Å². The number of terminal acetylenes is 1. The highest BCUT2D eigenvalue weighted by atomic mass is 19.1. The van der Waals surface area contributed by atoms with Gasteiger partial charge in [-0.1, -0.05) is 36.8 Å². The molecule has 4 aromatic rings. The molecule has 0 aliphatic carbocycles. The van der Waals surface area contributed by atoms with Crippen molar-refractivity contribution in [2.75, 3.05) is 50.1 Å². The molecule has 0 saturated carbocycles. The van der Waals surface area contributed by atoms with Gasteiger partial charge in [-0.15, -0.1) is 6.42 Å². The number of hydrogen-bond donors (Lipinski definition) is 0. The number of pyridine rings is 1. The predicted molar refractivity (Wildman–Crippen MR) is 159 cm³/mol. The summed E-state index contributed by atoms with van der Waals surface area (Å²) in [5, 5.41) is 1.61. The minimum Gasteiger partial charge on any atom is -0.349 e. The number of rotatable bonds is 5. The Labute approximate surface area is 242 Å². The first-order valence-corrected chi connectivity index (χ1v) is 14.0. The van der Waals surface area contributed by atoms with Crippen LogP contribution in [0.3, 0.4) is 0 Å². The number of carbonyl (C=O) groups is 1. The Bertz CT molecular complexity index is 1830. The maximum absolute atomic E-state index is 16.6. The first kappa shape index (κ1) is 26.3. The van der Waals surface area contributed by atoms with E-state index >= 15 is 4.39 Å². The van der Waals surface area contributed by atoms with E-state index < -0.39 is 11.6 Å². The standard InChI is InChI=1S/C32H29F2N7O/c1-5-20-23(33)11-10-18-8-7-9-21(27(18)20)29-28(34)30-22(14-35-29)31(37-32(36-30)39-15-19(16-39)38(3)4)41-17-25-24(41)12-13-40(25)26(42)6-2/h1,6-11,14,19,24-25H,2,12-13,15-17H2,3-4H3/t24-,25-/m1/s1. The number of likely N-dealkylation sites (N-methyl/N-ethyl adjacent to an activating group) is 1. The van der Waals surface area contributed by atoms with Crippen molar-refractivity contribution in [3.8, 4) is 23.6 Å². The van der Waals surface area contributed by atoms with Crippen molar-refractivity contribution in [1.29, 1.82) is 0 Å². The second-order valence-corrected chi connectivity index (χ2v) is 11.3. The first-order valence-electron chi connectivity index (χ1n) is 14.0. The molecule has 0 bridgehead atoms. The SMILES string of the molecule is C#Cc1c(F)ccc2cccc(-c3ncc4c(N5C[C@@H]6[C@H]5CCN6C(=O)C=C)nc(N5CC(N(C)C)C5)nc4c3F)c12. The molecule has 2 atom stereocenters. The van der Waals surface area contributed by atoms with E-state index in [1.54, 1.807) is 24.4 Å². The molecule has 5 heterocycles. The molecule has 8 nitrogen and oxygen atoms in total. The van der Waals surface area contributed by atoms with E-state index in [0.717, 1.165) is 19.5 Å². The summed E-state index contributed by atoms with van der Waals surface area (Å²) in [4.78, 5) is 34.7. The van der Waals surface area contributed by atoms with Gasteiger partial charge in [-0.25, -0.2) is 13.8 Å². The van der Waals surface area contributed by atoms with Crippen molar-refractivity contribution in [3.05, 3.63) is 66.4 Å². The number of amides is 1. The van der Waals surface area contributed by atoms with Crippen LogP contribution in [0.2, 0.25) is 0 Å². The van der Waals surface area contributed by atoms with Crippen LogP contribution in [0.25, 0.3) is 32.9 Å². The number of carbonyl (C=O) groups excluding carboxylic acids is 1. The van der Waals surface area contributed by atoms with E-state index in [1.165, 1.54) is 12.1 Å². The summed E-state index contributed by atoms with van der Waals surface area (Å²) < 4.78 is 31.3. The molecule has 0 radical (unpaired) electrons. The largest absolute Gasteiger partial charge is 0.349 e. The van der Waals surface area contributed by atoms with Crippen molar-refractivity contribution in [2.24, 2.45) is 0 Å². The van der Waals surface area contributed by atoms with Crippen LogP contribution >= 0.6 is 0 Å². The molecule has 212 valence electrons. The summed E-state index contributed by atoms with van der Waals surface area (Å²) in [6.07, 6.45) is 9.40. The predicted octanol–water partition coefficient (Wildman–Crippen LogP) is 3.83. The Balaban J connectivity index is 1.37. The zero-order valence-corrected chi connectivity index (χ0v) is 23.4. The molecular formula is C32H29F2N7O. The molecule has 3 fully saturated rings. The van der Waals surface area contributed by atoms with Gasteiger partial charge in [0, 0.05) is 49.4 Å². The number of nitrogens with zero attached hydrogens (tertiary/aromatic N) is 7. The lowest BCUT2D eigenvalue weighted by Gasteiger charge is -2.48. The Morgan fingerprint density at radius 3 is 2.69 bits per heavy atom. The third-order valence-corrected chi connectivity index (χ3v) is 8.95. The van der Waals surface area contributed by atoms with Crippen LogP contribution in [0.5, 0.6) is 0 Å². The van der Waals surface area contributed by atoms with Crippen molar-refractivity contribution in [2.45, 2.75) is 24.5 Å². The number of fused-ring (bicyclic) bond motifs is 3. The molecule has 7 rings (SSSR count). The van der Waals surface area contributed by atoms with E-state index in [4.69, 9.17) is 16.4 Å². The molecule has 2 aromatic carbocycles. The van der Waals surface area contributed by atoms with E-state index in [0.29, 0.717) is 52.6 Å². The van der Waals surface area contributed by atoms with Gasteiger partial charge in [-0.05, 0) is 38.0 Å². The summed E-state index contributed by atoms with van der Waals surface area (Å²) in [5.74, 6) is 2.23. The van der Waals surface area contributed by atoms with Crippen LogP contribution in [0.15, 0.2) is 49.2 Å². The highest BCUT2D eigenvalue weighted by Crippen LogP contribution is 2.41. The molecule has 2 aromatic heterocycles. The van der Waals surface area contributed by atoms with Gasteiger partial charge in [-0.3, -0.25) is 9.78 Å². The van der Waals surface area contributed by atoms with Crippen LogP contribution in [-0.2, 0) is 4.79 Å². The highest BCUT2D eigenvalue weighted by Gasteiger charge is 2.49. The highest BCUT2D eigenvalue weighted by molar-refractivity contribution is 6.02. The molecule has 3 aliphatic heterocycles. The molecule has 10 heteroatoms. The molecule has 0 spiro atoms. The summed E-state index contributed by atoms with van der Waals surface area (Å²) in [6, 6.07) is 8.69. The van der Waals surface area contributed by atoms with Gasteiger partial charge < -0.3 is 19.6 Å². The smallest absolute Gasteiger partial charge is 0.246 e. The van der Waals surface area contributed by atoms with Crippen LogP contribution in [0.1, 0.15) is 12.0 Å². The molecule has 3 saturated heterocycles. The minimum atomic E-state index is -0.617. The average molecular weight is 566 g/mol. The minimum absolute atomic E-state index is 0.0469. The lowest BCUT2D eigenvalue weighted by Crippen LogP contribution is -2.63. The van der Waals surface area contributed by atoms with Gasteiger partial charge in [0.15, 0.2) is 5.82 Å². The van der Waals surface area contributed by atoms with Crippen molar-refractivity contribution >= 4 is 39.3 Å². The number of likely N-dealkylation sites (tertiary alicyclic amines) is 1. The monoisotopic (exact) mass is 565 g/mol. The molecule has 3 aliphatic rings. The Hall–Kier alpha value is -4.62. The van der Waals surface area contributed by atoms with Crippen LogP contribution < -0.4 is 9.80 Å². The van der Waals surface area contributed by atoms with Crippen molar-refractivity contribution < 1.29 is 13.6 Å². The van der Waals surface area contributed by atoms with Crippen molar-refractivity contribution in [1.82, 2.24) is 24.8 Å². The quantitative estimate of drug-likeness (QED) is 0.269. The first-order chi connectivity index (χ1) is 20.3. The molecular weight excluding hydrogens is 536 g/mol. The van der Waals surface area contributed by atoms with Crippen LogP contribution in [-0.4, -0.2) is 89.1 Å². The molecule has 42 heavy (non-hydrogen) atoms. The van der Waals surface area contributed by atoms with Crippen LogP contribution in [0.4, 0.5) is 20.5 Å². The van der Waals surface area contributed by atoms with E-state index in [2.05, 4.69) is 27.3 Å². The number of aromatic nitrogens is 3. The number of hydrogen-bond acceptors (Lipinski definition) is 7. The fourth-order valence-electron chi connectivity index (χ4n) is 6.47. The van der Waals surface area contributed by atoms with Gasteiger partial charge >= 0.3 is 0 Å². The summed E-state index contributed by atoms with van der Waals surface area (Å²) >= 11 is 0. The summed E-state index contributed by atoms with van der Waals surface area (Å²) in [7, 11) is 4.06. The normalized spacial score (nSPS) is 20.0. The van der Waals surface area contributed by atoms with E-state index in [-0.39, 0.29) is 34.8 Å². The maximum Gasteiger partial charge on any atom is 0.246 e. The Morgan fingerprint density at radius 2 is 1.95 bits per heavy atom. The van der Waals surface area contributed by atoms with Gasteiger partial charge in [-0.2, -0.15) is 4.98 Å². The maximum atomic E-state index is 16.6. The number of anilines is 2.